The van der Waals surface area contributed by atoms with Gasteiger partial charge in [0.1, 0.15) is 0 Å². The van der Waals surface area contributed by atoms with Crippen LogP contribution in [0.3, 0.4) is 0 Å². The molecule has 0 aliphatic heterocycles. The Hall–Kier alpha value is -3.03. The second-order valence-corrected chi connectivity index (χ2v) is 7.45. The van der Waals surface area contributed by atoms with Crippen LogP contribution in [0.2, 0.25) is 0 Å². The van der Waals surface area contributed by atoms with Crippen LogP contribution < -0.4 is 10.3 Å². The Kier molecular flexibility index (Phi) is 5.95. The molecule has 0 saturated heterocycles. The molecule has 0 amide bonds. The largest absolute Gasteiger partial charge is 0.268 e. The van der Waals surface area contributed by atoms with Crippen molar-refractivity contribution in [3.8, 4) is 11.3 Å². The van der Waals surface area contributed by atoms with Crippen LogP contribution in [-0.2, 0) is 16.6 Å². The van der Waals surface area contributed by atoms with Crippen molar-refractivity contribution in [1.82, 2.24) is 14.5 Å². The molecule has 0 aliphatic rings. The van der Waals surface area contributed by atoms with E-state index in [-0.39, 0.29) is 18.6 Å². The summed E-state index contributed by atoms with van der Waals surface area (Å²) in [7, 11) is -3.60. The maximum Gasteiger partial charge on any atom is 0.266 e. The summed E-state index contributed by atoms with van der Waals surface area (Å²) in [6, 6.07) is 21.7. The van der Waals surface area contributed by atoms with E-state index in [1.807, 2.05) is 60.7 Å². The van der Waals surface area contributed by atoms with E-state index < -0.39 is 10.0 Å². The molecule has 0 saturated carbocycles. The molecule has 0 atom stereocenters. The van der Waals surface area contributed by atoms with E-state index in [1.165, 1.54) is 16.8 Å². The Morgan fingerprint density at radius 2 is 1.59 bits per heavy atom. The molecule has 0 aliphatic carbocycles. The molecule has 27 heavy (non-hydrogen) atoms. The molecule has 1 heterocycles. The van der Waals surface area contributed by atoms with Crippen LogP contribution >= 0.6 is 0 Å². The Bertz CT molecular complexity index is 1080. The van der Waals surface area contributed by atoms with E-state index in [0.29, 0.717) is 5.69 Å². The summed E-state index contributed by atoms with van der Waals surface area (Å²) in [5, 5.41) is 5.42. The van der Waals surface area contributed by atoms with Gasteiger partial charge in [-0.15, -0.1) is 0 Å². The number of benzene rings is 2. The zero-order chi connectivity index (χ0) is 19.1. The van der Waals surface area contributed by atoms with Crippen LogP contribution in [0.5, 0.6) is 0 Å². The molecule has 7 heteroatoms. The minimum atomic E-state index is -3.60. The number of hydrogen-bond donors (Lipinski definition) is 1. The number of rotatable bonds is 7. The smallest absolute Gasteiger partial charge is 0.266 e. The lowest BCUT2D eigenvalue weighted by Crippen LogP contribution is -2.31. The normalized spacial score (nSPS) is 11.7. The predicted octanol–water partition coefficient (Wildman–Crippen LogP) is 2.50. The van der Waals surface area contributed by atoms with E-state index in [2.05, 4.69) is 9.82 Å². The van der Waals surface area contributed by atoms with Crippen LogP contribution in [0, 0.1) is 0 Å². The maximum atomic E-state index is 12.1. The van der Waals surface area contributed by atoms with Crippen LogP contribution in [-0.4, -0.2) is 24.7 Å². The van der Waals surface area contributed by atoms with Crippen molar-refractivity contribution in [3.63, 3.8) is 0 Å². The molecule has 3 aromatic rings. The first-order chi connectivity index (χ1) is 13.0. The molecule has 0 unspecified atom stereocenters. The maximum absolute atomic E-state index is 12.1. The van der Waals surface area contributed by atoms with E-state index >= 15 is 0 Å². The molecule has 3 rings (SSSR count). The number of aromatic nitrogens is 2. The van der Waals surface area contributed by atoms with Crippen molar-refractivity contribution in [3.05, 3.63) is 94.1 Å². The lowest BCUT2D eigenvalue weighted by molar-refractivity contribution is 0.554. The lowest BCUT2D eigenvalue weighted by Gasteiger charge is -2.07. The molecule has 0 radical (unpaired) electrons. The average molecular weight is 381 g/mol. The summed E-state index contributed by atoms with van der Waals surface area (Å²) in [5.74, 6) is 0. The van der Waals surface area contributed by atoms with Gasteiger partial charge in [-0.2, -0.15) is 5.10 Å². The van der Waals surface area contributed by atoms with Crippen LogP contribution in [0.15, 0.2) is 83.0 Å². The quantitative estimate of drug-likeness (QED) is 0.682. The molecule has 6 nitrogen and oxygen atoms in total. The first-order valence-corrected chi connectivity index (χ1v) is 9.94. The molecule has 0 bridgehead atoms. The fraction of sp³-hybridized carbons (Fsp3) is 0.100. The summed E-state index contributed by atoms with van der Waals surface area (Å²) in [6.07, 6.45) is 1.52. The first kappa shape index (κ1) is 18.8. The van der Waals surface area contributed by atoms with Gasteiger partial charge in [-0.1, -0.05) is 60.7 Å². The van der Waals surface area contributed by atoms with Crippen LogP contribution in [0.4, 0.5) is 0 Å². The zero-order valence-corrected chi connectivity index (χ0v) is 15.3. The van der Waals surface area contributed by atoms with Crippen molar-refractivity contribution in [2.45, 2.75) is 6.54 Å². The van der Waals surface area contributed by atoms with Gasteiger partial charge in [0.25, 0.3) is 5.56 Å². The summed E-state index contributed by atoms with van der Waals surface area (Å²) in [4.78, 5) is 12.0. The minimum absolute atomic E-state index is 0.0621. The number of hydrogen-bond acceptors (Lipinski definition) is 4. The Labute approximate surface area is 157 Å². The molecule has 0 spiro atoms. The highest BCUT2D eigenvalue weighted by Gasteiger charge is 2.07. The monoisotopic (exact) mass is 381 g/mol. The SMILES string of the molecule is O=c1ccc(-c2ccccc2)nn1CCNS(=O)(=O)/C=C/c1ccccc1. The number of nitrogens with one attached hydrogen (secondary N) is 1. The second-order valence-electron chi connectivity index (χ2n) is 5.80. The average Bonchev–Trinajstić information content (AvgIpc) is 2.69. The standard InChI is InChI=1S/C20H19N3O3S/c24-20-12-11-19(18-9-5-2-6-10-18)22-23(20)15-14-21-27(25,26)16-13-17-7-3-1-4-8-17/h1-13,16,21H,14-15H2/b16-13+. The van der Waals surface area contributed by atoms with Gasteiger partial charge in [-0.25, -0.2) is 17.8 Å². The fourth-order valence-electron chi connectivity index (χ4n) is 2.45. The molecular weight excluding hydrogens is 362 g/mol. The summed E-state index contributed by atoms with van der Waals surface area (Å²) in [5.41, 5.74) is 2.05. The number of sulfonamides is 1. The lowest BCUT2D eigenvalue weighted by atomic mass is 10.1. The van der Waals surface area contributed by atoms with E-state index in [9.17, 15) is 13.2 Å². The highest BCUT2D eigenvalue weighted by atomic mass is 32.2. The molecule has 1 aromatic heterocycles. The van der Waals surface area contributed by atoms with E-state index in [4.69, 9.17) is 0 Å². The minimum Gasteiger partial charge on any atom is -0.268 e. The Morgan fingerprint density at radius 1 is 0.926 bits per heavy atom. The zero-order valence-electron chi connectivity index (χ0n) is 14.5. The Morgan fingerprint density at radius 3 is 2.30 bits per heavy atom. The van der Waals surface area contributed by atoms with Crippen molar-refractivity contribution in [2.75, 3.05) is 6.54 Å². The Balaban J connectivity index is 1.65. The van der Waals surface area contributed by atoms with E-state index in [0.717, 1.165) is 16.5 Å². The molecule has 138 valence electrons. The fourth-order valence-corrected chi connectivity index (χ4v) is 3.25. The van der Waals surface area contributed by atoms with E-state index in [1.54, 1.807) is 6.07 Å². The van der Waals surface area contributed by atoms with Gasteiger partial charge >= 0.3 is 0 Å². The topological polar surface area (TPSA) is 81.1 Å². The van der Waals surface area contributed by atoms with Gasteiger partial charge in [-0.3, -0.25) is 4.79 Å². The number of nitrogens with zero attached hydrogens (tertiary/aromatic N) is 2. The van der Waals surface area contributed by atoms with Crippen LogP contribution in [0.1, 0.15) is 5.56 Å². The highest BCUT2D eigenvalue weighted by Crippen LogP contribution is 2.13. The molecule has 1 N–H and O–H groups in total. The highest BCUT2D eigenvalue weighted by molar-refractivity contribution is 7.92. The van der Waals surface area contributed by atoms with Gasteiger partial charge in [0.2, 0.25) is 10.0 Å². The molecule has 2 aromatic carbocycles. The third-order valence-electron chi connectivity index (χ3n) is 3.80. The van der Waals surface area contributed by atoms with Gasteiger partial charge in [-0.05, 0) is 17.7 Å². The summed E-state index contributed by atoms with van der Waals surface area (Å²) >= 11 is 0. The first-order valence-electron chi connectivity index (χ1n) is 8.40. The molecular formula is C20H19N3O3S. The predicted molar refractivity (Wildman–Crippen MR) is 106 cm³/mol. The van der Waals surface area contributed by atoms with Gasteiger partial charge in [0, 0.05) is 23.6 Å². The second kappa shape index (κ2) is 8.57. The van der Waals surface area contributed by atoms with Crippen LogP contribution in [0.25, 0.3) is 17.3 Å². The van der Waals surface area contributed by atoms with Gasteiger partial charge < -0.3 is 0 Å². The summed E-state index contributed by atoms with van der Waals surface area (Å²) < 4.78 is 27.8. The van der Waals surface area contributed by atoms with Gasteiger partial charge in [0.05, 0.1) is 12.2 Å². The third-order valence-corrected chi connectivity index (χ3v) is 4.90. The van der Waals surface area contributed by atoms with Crippen molar-refractivity contribution in [2.24, 2.45) is 0 Å². The van der Waals surface area contributed by atoms with Gasteiger partial charge in [0.15, 0.2) is 0 Å². The third kappa shape index (κ3) is 5.47. The summed E-state index contributed by atoms with van der Waals surface area (Å²) in [6.45, 7) is 0.199. The van der Waals surface area contributed by atoms with Crippen molar-refractivity contribution in [1.29, 1.82) is 0 Å². The molecule has 0 fully saturated rings. The van der Waals surface area contributed by atoms with Crippen molar-refractivity contribution >= 4 is 16.1 Å². The van der Waals surface area contributed by atoms with Crippen molar-refractivity contribution < 1.29 is 8.42 Å².